The van der Waals surface area contributed by atoms with Crippen molar-refractivity contribution in [3.05, 3.63) is 35.9 Å². The molecule has 5 atom stereocenters. The van der Waals surface area contributed by atoms with Crippen LogP contribution in [0.3, 0.4) is 0 Å². The maximum atomic E-state index is 6.25. The summed E-state index contributed by atoms with van der Waals surface area (Å²) in [4.78, 5) is 0. The molecule has 0 spiro atoms. The summed E-state index contributed by atoms with van der Waals surface area (Å²) in [5.41, 5.74) is 1.20. The van der Waals surface area contributed by atoms with Gasteiger partial charge in [-0.15, -0.1) is 0 Å². The van der Waals surface area contributed by atoms with Gasteiger partial charge in [0.2, 0.25) is 0 Å². The predicted octanol–water partition coefficient (Wildman–Crippen LogP) is 2.17. The Labute approximate surface area is 148 Å². The van der Waals surface area contributed by atoms with E-state index in [-0.39, 0.29) is 30.6 Å². The van der Waals surface area contributed by atoms with Crippen LogP contribution < -0.4 is 5.32 Å². The van der Waals surface area contributed by atoms with Crippen LogP contribution in [-0.2, 0) is 30.2 Å². The molecule has 5 unspecified atom stereocenters. The molecular weight excluding hydrogens is 322 g/mol. The first-order valence-electron chi connectivity index (χ1n) is 8.93. The largest absolute Gasteiger partial charge is 0.352 e. The number of hydrogen-bond acceptors (Lipinski definition) is 6. The first kappa shape index (κ1) is 17.4. The second kappa shape index (κ2) is 6.30. The molecule has 0 saturated carbocycles. The van der Waals surface area contributed by atoms with Crippen molar-refractivity contribution in [2.24, 2.45) is 0 Å². The van der Waals surface area contributed by atoms with Crippen LogP contribution >= 0.6 is 0 Å². The highest BCUT2D eigenvalue weighted by atomic mass is 16.8. The van der Waals surface area contributed by atoms with Gasteiger partial charge in [0.25, 0.3) is 0 Å². The van der Waals surface area contributed by atoms with Gasteiger partial charge in [-0.1, -0.05) is 30.3 Å². The van der Waals surface area contributed by atoms with Crippen molar-refractivity contribution >= 4 is 0 Å². The average Bonchev–Trinajstić information content (AvgIpc) is 3.17. The number of hydrogen-bond donors (Lipinski definition) is 1. The van der Waals surface area contributed by atoms with Crippen molar-refractivity contribution in [3.8, 4) is 0 Å². The Morgan fingerprint density at radius 3 is 2.32 bits per heavy atom. The minimum absolute atomic E-state index is 0.163. The molecular formula is C19H27NO5. The maximum absolute atomic E-state index is 6.25. The maximum Gasteiger partial charge on any atom is 0.164 e. The van der Waals surface area contributed by atoms with Crippen LogP contribution in [0.25, 0.3) is 0 Å². The van der Waals surface area contributed by atoms with E-state index in [2.05, 4.69) is 17.4 Å². The van der Waals surface area contributed by atoms with Crippen molar-refractivity contribution in [1.29, 1.82) is 0 Å². The quantitative estimate of drug-likeness (QED) is 0.899. The fourth-order valence-corrected chi connectivity index (χ4v) is 3.78. The molecule has 0 radical (unpaired) electrons. The van der Waals surface area contributed by atoms with Gasteiger partial charge in [-0.3, -0.25) is 5.32 Å². The van der Waals surface area contributed by atoms with E-state index in [1.165, 1.54) is 5.56 Å². The summed E-state index contributed by atoms with van der Waals surface area (Å²) in [5, 5.41) is 3.46. The highest BCUT2D eigenvalue weighted by Gasteiger charge is 2.58. The molecule has 1 aromatic carbocycles. The minimum atomic E-state index is -0.626. The summed E-state index contributed by atoms with van der Waals surface area (Å²) in [6.45, 7) is 8.91. The molecule has 3 aliphatic heterocycles. The Bertz CT molecular complexity index is 605. The second-order valence-corrected chi connectivity index (χ2v) is 7.82. The van der Waals surface area contributed by atoms with Crippen LogP contribution in [0.1, 0.15) is 33.3 Å². The van der Waals surface area contributed by atoms with Gasteiger partial charge in [0.15, 0.2) is 11.6 Å². The zero-order valence-electron chi connectivity index (χ0n) is 15.2. The smallest absolute Gasteiger partial charge is 0.164 e. The zero-order chi connectivity index (χ0) is 17.7. The predicted molar refractivity (Wildman–Crippen MR) is 90.7 cm³/mol. The lowest BCUT2D eigenvalue weighted by atomic mass is 10.1. The van der Waals surface area contributed by atoms with Gasteiger partial charge >= 0.3 is 0 Å². The lowest BCUT2D eigenvalue weighted by Gasteiger charge is -2.27. The topological polar surface area (TPSA) is 58.2 Å². The standard InChI is InChI=1S/C19H27NO5/c1-18(2)21-11-13(23-18)14-15-16(25-19(3,4)24-15)17(22-14)20-10-12-8-6-5-7-9-12/h5-9,13-17,20H,10-11H2,1-4H3. The molecule has 4 rings (SSSR count). The van der Waals surface area contributed by atoms with Crippen molar-refractivity contribution in [3.63, 3.8) is 0 Å². The van der Waals surface area contributed by atoms with E-state index in [9.17, 15) is 0 Å². The fourth-order valence-electron chi connectivity index (χ4n) is 3.78. The average molecular weight is 349 g/mol. The molecule has 0 aliphatic carbocycles. The number of benzene rings is 1. The Balaban J connectivity index is 1.47. The molecule has 0 bridgehead atoms. The van der Waals surface area contributed by atoms with E-state index < -0.39 is 11.6 Å². The summed E-state index contributed by atoms with van der Waals surface area (Å²) in [7, 11) is 0. The SMILES string of the molecule is CC1(C)OCC(C2OC(NCc3ccccc3)C3OC(C)(C)OC23)O1. The van der Waals surface area contributed by atoms with Gasteiger partial charge in [-0.2, -0.15) is 0 Å². The van der Waals surface area contributed by atoms with Crippen molar-refractivity contribution < 1.29 is 23.7 Å². The van der Waals surface area contributed by atoms with Crippen LogP contribution in [0.2, 0.25) is 0 Å². The second-order valence-electron chi connectivity index (χ2n) is 7.82. The number of nitrogens with one attached hydrogen (secondary N) is 1. The zero-order valence-corrected chi connectivity index (χ0v) is 15.2. The third-order valence-electron chi connectivity index (χ3n) is 4.84. The van der Waals surface area contributed by atoms with Crippen LogP contribution in [0, 0.1) is 0 Å². The van der Waals surface area contributed by atoms with Gasteiger partial charge in [-0.05, 0) is 33.3 Å². The van der Waals surface area contributed by atoms with Crippen LogP contribution in [-0.4, -0.2) is 48.8 Å². The van der Waals surface area contributed by atoms with E-state index >= 15 is 0 Å². The Kier molecular flexibility index (Phi) is 4.38. The molecule has 138 valence electrons. The summed E-state index contributed by atoms with van der Waals surface area (Å²) in [6, 6.07) is 10.2. The van der Waals surface area contributed by atoms with Gasteiger partial charge in [0.1, 0.15) is 30.6 Å². The fraction of sp³-hybridized carbons (Fsp3) is 0.684. The van der Waals surface area contributed by atoms with Crippen molar-refractivity contribution in [2.75, 3.05) is 6.61 Å². The first-order chi connectivity index (χ1) is 11.8. The van der Waals surface area contributed by atoms with Crippen molar-refractivity contribution in [1.82, 2.24) is 5.32 Å². The van der Waals surface area contributed by atoms with Gasteiger partial charge in [0, 0.05) is 6.54 Å². The van der Waals surface area contributed by atoms with E-state index in [0.29, 0.717) is 13.2 Å². The summed E-state index contributed by atoms with van der Waals surface area (Å²) >= 11 is 0. The number of ether oxygens (including phenoxy) is 5. The molecule has 0 aromatic heterocycles. The molecule has 6 nitrogen and oxygen atoms in total. The molecule has 25 heavy (non-hydrogen) atoms. The Morgan fingerprint density at radius 1 is 0.920 bits per heavy atom. The first-order valence-corrected chi connectivity index (χ1v) is 8.93. The third kappa shape index (κ3) is 3.60. The van der Waals surface area contributed by atoms with Gasteiger partial charge in [0.05, 0.1) is 6.61 Å². The number of rotatable bonds is 4. The summed E-state index contributed by atoms with van der Waals surface area (Å²) < 4.78 is 30.2. The lowest BCUT2D eigenvalue weighted by molar-refractivity contribution is -0.209. The van der Waals surface area contributed by atoms with E-state index in [4.69, 9.17) is 23.7 Å². The lowest BCUT2D eigenvalue weighted by Crippen LogP contribution is -2.41. The molecule has 6 heteroatoms. The summed E-state index contributed by atoms with van der Waals surface area (Å²) in [6.07, 6.45) is -0.976. The van der Waals surface area contributed by atoms with Crippen LogP contribution in [0.15, 0.2) is 30.3 Å². The molecule has 3 heterocycles. The minimum Gasteiger partial charge on any atom is -0.352 e. The Morgan fingerprint density at radius 2 is 1.64 bits per heavy atom. The normalized spacial score (nSPS) is 38.8. The third-order valence-corrected chi connectivity index (χ3v) is 4.84. The summed E-state index contributed by atoms with van der Waals surface area (Å²) in [5.74, 6) is -1.22. The molecule has 3 saturated heterocycles. The van der Waals surface area contributed by atoms with Gasteiger partial charge in [-0.25, -0.2) is 0 Å². The van der Waals surface area contributed by atoms with Crippen molar-refractivity contribution in [2.45, 2.75) is 76.5 Å². The molecule has 0 amide bonds. The molecule has 3 fully saturated rings. The monoisotopic (exact) mass is 349 g/mol. The highest BCUT2D eigenvalue weighted by Crippen LogP contribution is 2.41. The molecule has 1 N–H and O–H groups in total. The van der Waals surface area contributed by atoms with Crippen LogP contribution in [0.4, 0.5) is 0 Å². The molecule has 3 aliphatic rings. The molecule has 1 aromatic rings. The highest BCUT2D eigenvalue weighted by molar-refractivity contribution is 5.14. The van der Waals surface area contributed by atoms with Crippen LogP contribution in [0.5, 0.6) is 0 Å². The van der Waals surface area contributed by atoms with E-state index in [0.717, 1.165) is 0 Å². The van der Waals surface area contributed by atoms with E-state index in [1.807, 2.05) is 45.9 Å². The van der Waals surface area contributed by atoms with Gasteiger partial charge < -0.3 is 23.7 Å². The van der Waals surface area contributed by atoms with E-state index in [1.54, 1.807) is 0 Å². The Hall–Kier alpha value is -1.02. The number of fused-ring (bicyclic) bond motifs is 1.